The van der Waals surface area contributed by atoms with Crippen molar-refractivity contribution in [1.82, 2.24) is 4.72 Å². The van der Waals surface area contributed by atoms with E-state index in [1.165, 1.54) is 0 Å². The number of hydrogen-bond acceptors (Lipinski definition) is 4. The lowest BCUT2D eigenvalue weighted by Crippen LogP contribution is -2.27. The summed E-state index contributed by atoms with van der Waals surface area (Å²) >= 11 is 2.94. The minimum absolute atomic E-state index is 0.0649. The molecule has 21 heavy (non-hydrogen) atoms. The van der Waals surface area contributed by atoms with Gasteiger partial charge < -0.3 is 9.52 Å². The first-order chi connectivity index (χ1) is 9.41. The molecule has 1 aliphatic rings. The molecule has 1 saturated carbocycles. The largest absolute Gasteiger partial charge is 0.475 e. The fourth-order valence-corrected chi connectivity index (χ4v) is 4.74. The average Bonchev–Trinajstić information content (AvgIpc) is 2.63. The topological polar surface area (TPSA) is 96.6 Å². The summed E-state index contributed by atoms with van der Waals surface area (Å²) in [7, 11) is -3.81. The van der Waals surface area contributed by atoms with E-state index in [4.69, 9.17) is 9.52 Å². The van der Waals surface area contributed by atoms with Crippen LogP contribution in [0.1, 0.15) is 38.2 Å². The van der Waals surface area contributed by atoms with E-state index < -0.39 is 21.8 Å². The van der Waals surface area contributed by atoms with Crippen molar-refractivity contribution in [2.45, 2.75) is 32.6 Å². The number of aromatic carboxylic acids is 1. The smallest absolute Gasteiger partial charge is 0.371 e. The molecule has 1 fully saturated rings. The number of furan rings is 1. The van der Waals surface area contributed by atoms with Gasteiger partial charge in [-0.3, -0.25) is 0 Å². The molecule has 0 aliphatic heterocycles. The average molecular weight is 380 g/mol. The molecule has 1 aromatic rings. The highest BCUT2D eigenvalue weighted by Crippen LogP contribution is 2.68. The van der Waals surface area contributed by atoms with Gasteiger partial charge in [0.25, 0.3) is 0 Å². The Balaban J connectivity index is 2.15. The molecular formula is C13H18BrNO5S. The van der Waals surface area contributed by atoms with E-state index in [9.17, 15) is 13.2 Å². The van der Waals surface area contributed by atoms with E-state index >= 15 is 0 Å². The molecule has 2 N–H and O–H groups in total. The Morgan fingerprint density at radius 2 is 1.90 bits per heavy atom. The Morgan fingerprint density at radius 3 is 2.29 bits per heavy atom. The highest BCUT2D eigenvalue weighted by atomic mass is 79.9. The summed E-state index contributed by atoms with van der Waals surface area (Å²) in [6.07, 6.45) is 0. The van der Waals surface area contributed by atoms with Crippen LogP contribution in [0.2, 0.25) is 0 Å². The molecule has 0 aromatic carbocycles. The Bertz CT molecular complexity index is 675. The van der Waals surface area contributed by atoms with E-state index in [2.05, 4.69) is 48.3 Å². The van der Waals surface area contributed by atoms with E-state index in [1.807, 2.05) is 0 Å². The number of nitrogens with one attached hydrogen (secondary N) is 1. The number of carboxylic acids is 1. The summed E-state index contributed by atoms with van der Waals surface area (Å²) in [5.41, 5.74) is 0.130. The highest BCUT2D eigenvalue weighted by molar-refractivity contribution is 9.10. The predicted molar refractivity (Wildman–Crippen MR) is 79.6 cm³/mol. The lowest BCUT2D eigenvalue weighted by Gasteiger charge is -2.06. The third kappa shape index (κ3) is 2.64. The lowest BCUT2D eigenvalue weighted by atomic mass is 10.0. The minimum Gasteiger partial charge on any atom is -0.475 e. The fraction of sp³-hybridized carbons (Fsp3) is 0.615. The van der Waals surface area contributed by atoms with Gasteiger partial charge in [0.15, 0.2) is 4.67 Å². The van der Waals surface area contributed by atoms with E-state index in [0.29, 0.717) is 6.54 Å². The lowest BCUT2D eigenvalue weighted by molar-refractivity contribution is 0.0661. The quantitative estimate of drug-likeness (QED) is 0.819. The van der Waals surface area contributed by atoms with Gasteiger partial charge >= 0.3 is 5.97 Å². The molecule has 0 spiro atoms. The summed E-state index contributed by atoms with van der Waals surface area (Å²) in [6, 6.07) is 0.998. The zero-order valence-electron chi connectivity index (χ0n) is 12.2. The molecule has 0 unspecified atom stereocenters. The van der Waals surface area contributed by atoms with Gasteiger partial charge in [0, 0.05) is 12.6 Å². The number of sulfonamides is 1. The van der Waals surface area contributed by atoms with Crippen LogP contribution >= 0.6 is 15.9 Å². The summed E-state index contributed by atoms with van der Waals surface area (Å²) in [6.45, 7) is 8.71. The van der Waals surface area contributed by atoms with Crippen molar-refractivity contribution in [3.05, 3.63) is 16.5 Å². The van der Waals surface area contributed by atoms with Crippen LogP contribution in [-0.4, -0.2) is 26.0 Å². The summed E-state index contributed by atoms with van der Waals surface area (Å²) in [4.78, 5) is 10.6. The molecule has 6 nitrogen and oxygen atoms in total. The summed E-state index contributed by atoms with van der Waals surface area (Å²) in [5.74, 6) is -1.51. The molecule has 1 aliphatic carbocycles. The number of rotatable bonds is 5. The maximum absolute atomic E-state index is 12.2. The van der Waals surface area contributed by atoms with Gasteiger partial charge in [0.05, 0.1) is 0 Å². The van der Waals surface area contributed by atoms with Gasteiger partial charge in [-0.05, 0) is 32.7 Å². The number of halogens is 1. The van der Waals surface area contributed by atoms with Crippen molar-refractivity contribution in [1.29, 1.82) is 0 Å². The molecule has 1 aromatic heterocycles. The Labute approximate surface area is 132 Å². The summed E-state index contributed by atoms with van der Waals surface area (Å²) < 4.78 is 31.8. The van der Waals surface area contributed by atoms with E-state index in [0.717, 1.165) is 6.07 Å². The van der Waals surface area contributed by atoms with Crippen molar-refractivity contribution in [3.63, 3.8) is 0 Å². The van der Waals surface area contributed by atoms with Gasteiger partial charge in [-0.25, -0.2) is 17.9 Å². The van der Waals surface area contributed by atoms with E-state index in [-0.39, 0.29) is 26.3 Å². The monoisotopic (exact) mass is 379 g/mol. The Morgan fingerprint density at radius 1 is 1.38 bits per heavy atom. The number of carboxylic acid groups (broad SMARTS) is 1. The Kier molecular flexibility index (Phi) is 3.79. The minimum atomic E-state index is -3.81. The van der Waals surface area contributed by atoms with Crippen molar-refractivity contribution in [2.24, 2.45) is 16.7 Å². The van der Waals surface area contributed by atoms with Crippen molar-refractivity contribution < 1.29 is 22.7 Å². The molecule has 0 atom stereocenters. The molecule has 0 bridgehead atoms. The number of carbonyl (C=O) groups is 1. The van der Waals surface area contributed by atoms with Crippen LogP contribution in [0.5, 0.6) is 0 Å². The molecule has 0 radical (unpaired) electrons. The van der Waals surface area contributed by atoms with Crippen LogP contribution in [0.15, 0.2) is 20.0 Å². The number of hydrogen-bond donors (Lipinski definition) is 2. The van der Waals surface area contributed by atoms with Crippen molar-refractivity contribution >= 4 is 31.9 Å². The molecule has 0 amide bonds. The van der Waals surface area contributed by atoms with Crippen LogP contribution in [0.4, 0.5) is 0 Å². The molecule has 0 saturated heterocycles. The maximum atomic E-state index is 12.2. The second-order valence-corrected chi connectivity index (χ2v) is 8.86. The molecule has 8 heteroatoms. The molecule has 1 heterocycles. The van der Waals surface area contributed by atoms with Gasteiger partial charge in [-0.15, -0.1) is 0 Å². The van der Waals surface area contributed by atoms with Gasteiger partial charge in [0.2, 0.25) is 15.8 Å². The SMILES string of the molecule is CC1(C)C(CNS(=O)(=O)c2cc(C(=O)O)oc2Br)C1(C)C. The van der Waals surface area contributed by atoms with Gasteiger partial charge in [0.1, 0.15) is 4.90 Å². The second kappa shape index (κ2) is 4.82. The van der Waals surface area contributed by atoms with Crippen molar-refractivity contribution in [3.8, 4) is 0 Å². The normalized spacial score (nSPS) is 20.4. The standard InChI is InChI=1S/C13H18BrNO5S/c1-12(2)9(13(12,3)4)6-15-21(18,19)8-5-7(11(16)17)20-10(8)14/h5,9,15H,6H2,1-4H3,(H,16,17). The zero-order chi connectivity index (χ0) is 16.2. The molecular weight excluding hydrogens is 362 g/mol. The first-order valence-electron chi connectivity index (χ1n) is 6.43. The first-order valence-corrected chi connectivity index (χ1v) is 8.71. The first kappa shape index (κ1) is 16.5. The summed E-state index contributed by atoms with van der Waals surface area (Å²) in [5, 5.41) is 8.82. The van der Waals surface area contributed by atoms with E-state index in [1.54, 1.807) is 0 Å². The van der Waals surface area contributed by atoms with Crippen LogP contribution in [-0.2, 0) is 10.0 Å². The third-order valence-electron chi connectivity index (χ3n) is 4.95. The van der Waals surface area contributed by atoms with Crippen LogP contribution in [0, 0.1) is 16.7 Å². The fourth-order valence-electron chi connectivity index (χ4n) is 2.76. The van der Waals surface area contributed by atoms with Crippen LogP contribution < -0.4 is 4.72 Å². The molecule has 2 rings (SSSR count). The van der Waals surface area contributed by atoms with Gasteiger partial charge in [-0.2, -0.15) is 0 Å². The third-order valence-corrected chi connectivity index (χ3v) is 7.23. The maximum Gasteiger partial charge on any atom is 0.371 e. The van der Waals surface area contributed by atoms with Crippen LogP contribution in [0.25, 0.3) is 0 Å². The Hall–Kier alpha value is -0.860. The zero-order valence-corrected chi connectivity index (χ0v) is 14.6. The van der Waals surface area contributed by atoms with Crippen LogP contribution in [0.3, 0.4) is 0 Å². The van der Waals surface area contributed by atoms with Crippen molar-refractivity contribution in [2.75, 3.05) is 6.54 Å². The van der Waals surface area contributed by atoms with Gasteiger partial charge in [-0.1, -0.05) is 27.7 Å². The second-order valence-electron chi connectivity index (χ2n) is 6.40. The molecule has 118 valence electrons. The predicted octanol–water partition coefficient (Wildman–Crippen LogP) is 2.70. The highest BCUT2D eigenvalue weighted by Gasteiger charge is 2.64.